The molecule has 0 bridgehead atoms. The Morgan fingerprint density at radius 2 is 1.67 bits per heavy atom. The third-order valence-corrected chi connectivity index (χ3v) is 5.74. The zero-order valence-electron chi connectivity index (χ0n) is 15.5. The van der Waals surface area contributed by atoms with Crippen molar-refractivity contribution >= 4 is 55.5 Å². The summed E-state index contributed by atoms with van der Waals surface area (Å²) >= 11 is 6.83. The second-order valence-corrected chi connectivity index (χ2v) is 8.25. The summed E-state index contributed by atoms with van der Waals surface area (Å²) < 4.78 is 9.76. The number of methoxy groups -OCH3 is 2. The number of thiocarbonyl (C=S) groups is 1. The molecule has 27 heavy (non-hydrogen) atoms. The number of benzene rings is 2. The van der Waals surface area contributed by atoms with Crippen molar-refractivity contribution in [3.63, 3.8) is 0 Å². The van der Waals surface area contributed by atoms with Gasteiger partial charge in [-0.1, -0.05) is 90.3 Å². The molecule has 7 heteroatoms. The lowest BCUT2D eigenvalue weighted by molar-refractivity contribution is -0.140. The Hall–Kier alpha value is -2.22. The van der Waals surface area contributed by atoms with Crippen LogP contribution in [0.2, 0.25) is 0 Å². The van der Waals surface area contributed by atoms with Gasteiger partial charge in [0.2, 0.25) is 0 Å². The van der Waals surface area contributed by atoms with Gasteiger partial charge in [0.05, 0.1) is 18.4 Å². The molecule has 2 aromatic rings. The van der Waals surface area contributed by atoms with Crippen molar-refractivity contribution in [1.82, 2.24) is 0 Å². The predicted molar refractivity (Wildman–Crippen MR) is 119 cm³/mol. The number of hydrogen-bond acceptors (Lipinski definition) is 6. The van der Waals surface area contributed by atoms with Crippen LogP contribution in [-0.2, 0) is 19.1 Å². The van der Waals surface area contributed by atoms with Crippen LogP contribution in [0.3, 0.4) is 0 Å². The summed E-state index contributed by atoms with van der Waals surface area (Å²) in [5, 5.41) is 0.888. The van der Waals surface area contributed by atoms with Crippen molar-refractivity contribution in [3.8, 4) is 0 Å². The van der Waals surface area contributed by atoms with E-state index in [2.05, 4.69) is 23.4 Å². The SMILES string of the molecule is C=CC(=O)OC.COC(=O)C(SC(=S)c1ccc([SiH3])cc1)c1ccccc1. The summed E-state index contributed by atoms with van der Waals surface area (Å²) in [6, 6.07) is 17.7. The number of ether oxygens (including phenoxy) is 2. The maximum absolute atomic E-state index is 12.0. The average molecular weight is 419 g/mol. The Balaban J connectivity index is 0.000000527. The van der Waals surface area contributed by atoms with Gasteiger partial charge in [0, 0.05) is 16.3 Å². The van der Waals surface area contributed by atoms with E-state index in [0.717, 1.165) is 27.4 Å². The van der Waals surface area contributed by atoms with Crippen molar-refractivity contribution in [3.05, 3.63) is 78.4 Å². The Labute approximate surface area is 172 Å². The van der Waals surface area contributed by atoms with Crippen molar-refractivity contribution in [1.29, 1.82) is 0 Å². The van der Waals surface area contributed by atoms with E-state index < -0.39 is 11.2 Å². The molecule has 2 aromatic carbocycles. The van der Waals surface area contributed by atoms with Crippen molar-refractivity contribution in [2.24, 2.45) is 0 Å². The molecule has 1 unspecified atom stereocenters. The topological polar surface area (TPSA) is 52.6 Å². The van der Waals surface area contributed by atoms with Gasteiger partial charge in [-0.25, -0.2) is 4.79 Å². The van der Waals surface area contributed by atoms with E-state index in [1.165, 1.54) is 31.2 Å². The first kappa shape index (κ1) is 22.8. The lowest BCUT2D eigenvalue weighted by Gasteiger charge is -2.15. The fourth-order valence-electron chi connectivity index (χ4n) is 1.94. The summed E-state index contributed by atoms with van der Waals surface area (Å²) in [7, 11) is 3.73. The van der Waals surface area contributed by atoms with Gasteiger partial charge in [0.1, 0.15) is 5.25 Å². The minimum atomic E-state index is -0.431. The highest BCUT2D eigenvalue weighted by Crippen LogP contribution is 2.33. The number of rotatable bonds is 5. The number of thioether (sulfide) groups is 1. The van der Waals surface area contributed by atoms with Gasteiger partial charge in [-0.05, 0) is 11.1 Å². The molecular weight excluding hydrogens is 396 g/mol. The molecule has 0 saturated heterocycles. The maximum Gasteiger partial charge on any atom is 0.329 e. The van der Waals surface area contributed by atoms with Gasteiger partial charge >= 0.3 is 11.9 Å². The lowest BCUT2D eigenvalue weighted by Crippen LogP contribution is -2.13. The zero-order chi connectivity index (χ0) is 20.2. The van der Waals surface area contributed by atoms with E-state index in [1.807, 2.05) is 42.5 Å². The van der Waals surface area contributed by atoms with E-state index >= 15 is 0 Å². The molecule has 4 nitrogen and oxygen atoms in total. The minimum absolute atomic E-state index is 0.284. The van der Waals surface area contributed by atoms with E-state index in [4.69, 9.17) is 17.0 Å². The summed E-state index contributed by atoms with van der Waals surface area (Å²) in [4.78, 5) is 21.9. The first-order valence-corrected chi connectivity index (χ1v) is 10.3. The molecule has 0 N–H and O–H groups in total. The lowest BCUT2D eigenvalue weighted by atomic mass is 10.1. The summed E-state index contributed by atoms with van der Waals surface area (Å²) in [6.07, 6.45) is 1.11. The molecular formula is C20H22O4S2Si. The van der Waals surface area contributed by atoms with Gasteiger partial charge < -0.3 is 9.47 Å². The van der Waals surface area contributed by atoms with Gasteiger partial charge in [0.15, 0.2) is 0 Å². The zero-order valence-corrected chi connectivity index (χ0v) is 19.1. The van der Waals surface area contributed by atoms with Gasteiger partial charge in [-0.15, -0.1) is 0 Å². The number of hydrogen-bond donors (Lipinski definition) is 0. The van der Waals surface area contributed by atoms with Crippen LogP contribution >= 0.6 is 24.0 Å². The molecule has 0 saturated carbocycles. The monoisotopic (exact) mass is 418 g/mol. The molecule has 2 rings (SSSR count). The normalized spacial score (nSPS) is 10.7. The molecule has 0 heterocycles. The van der Waals surface area contributed by atoms with E-state index in [0.29, 0.717) is 4.20 Å². The Bertz CT molecular complexity index is 776. The Kier molecular flexibility index (Phi) is 10.3. The van der Waals surface area contributed by atoms with E-state index in [1.54, 1.807) is 0 Å². The van der Waals surface area contributed by atoms with Crippen molar-refractivity contribution in [2.75, 3.05) is 14.2 Å². The van der Waals surface area contributed by atoms with Crippen LogP contribution < -0.4 is 5.19 Å². The second kappa shape index (κ2) is 12.2. The predicted octanol–water partition coefficient (Wildman–Crippen LogP) is 2.35. The molecule has 0 radical (unpaired) electrons. The molecule has 1 atom stereocenters. The van der Waals surface area contributed by atoms with Crippen LogP contribution in [0.25, 0.3) is 0 Å². The second-order valence-electron chi connectivity index (χ2n) is 5.31. The molecule has 0 fully saturated rings. The van der Waals surface area contributed by atoms with Gasteiger partial charge in [-0.3, -0.25) is 4.79 Å². The van der Waals surface area contributed by atoms with Crippen LogP contribution in [0.1, 0.15) is 16.4 Å². The molecule has 0 amide bonds. The molecule has 0 spiro atoms. The molecule has 0 aromatic heterocycles. The van der Waals surface area contributed by atoms with E-state index in [-0.39, 0.29) is 5.97 Å². The quantitative estimate of drug-likeness (QED) is 0.322. The van der Waals surface area contributed by atoms with Crippen molar-refractivity contribution < 1.29 is 19.1 Å². The van der Waals surface area contributed by atoms with Crippen LogP contribution in [0, 0.1) is 0 Å². The highest BCUT2D eigenvalue weighted by Gasteiger charge is 2.24. The first-order chi connectivity index (χ1) is 12.9. The third-order valence-electron chi connectivity index (χ3n) is 3.40. The van der Waals surface area contributed by atoms with Crippen LogP contribution in [0.15, 0.2) is 67.3 Å². The fourth-order valence-corrected chi connectivity index (χ4v) is 3.67. The Morgan fingerprint density at radius 1 is 1.07 bits per heavy atom. The Morgan fingerprint density at radius 3 is 2.11 bits per heavy atom. The number of esters is 2. The summed E-state index contributed by atoms with van der Waals surface area (Å²) in [6.45, 7) is 3.16. The molecule has 0 aliphatic heterocycles. The number of carbonyl (C=O) groups is 2. The highest BCUT2D eigenvalue weighted by atomic mass is 32.2. The molecule has 0 aliphatic carbocycles. The van der Waals surface area contributed by atoms with E-state index in [9.17, 15) is 9.59 Å². The average Bonchev–Trinajstić information content (AvgIpc) is 2.72. The standard InChI is InChI=1S/C16H16O2S2Si.C4H6O2/c1-18-15(17)14(11-5-3-2-4-6-11)20-16(19)12-7-9-13(21)10-8-12;1-3-4(5)6-2/h2-10,14H,1,21H3;3H,1H2,2H3. The van der Waals surface area contributed by atoms with Crippen LogP contribution in [0.4, 0.5) is 0 Å². The fraction of sp³-hybridized carbons (Fsp3) is 0.150. The third kappa shape index (κ3) is 7.90. The van der Waals surface area contributed by atoms with Crippen LogP contribution in [-0.4, -0.2) is 40.6 Å². The maximum atomic E-state index is 12.0. The largest absolute Gasteiger partial charge is 0.468 e. The number of carbonyl (C=O) groups excluding carboxylic acids is 2. The van der Waals surface area contributed by atoms with Crippen LogP contribution in [0.5, 0.6) is 0 Å². The highest BCUT2D eigenvalue weighted by molar-refractivity contribution is 8.24. The van der Waals surface area contributed by atoms with Gasteiger partial charge in [0.25, 0.3) is 0 Å². The van der Waals surface area contributed by atoms with Crippen molar-refractivity contribution in [2.45, 2.75) is 5.25 Å². The minimum Gasteiger partial charge on any atom is -0.468 e. The first-order valence-electron chi connectivity index (χ1n) is 8.03. The molecule has 142 valence electrons. The summed E-state index contributed by atoms with van der Waals surface area (Å²) in [5.41, 5.74) is 1.87. The smallest absolute Gasteiger partial charge is 0.329 e. The van der Waals surface area contributed by atoms with Gasteiger partial charge in [-0.2, -0.15) is 0 Å². The molecule has 0 aliphatic rings. The summed E-state index contributed by atoms with van der Waals surface area (Å²) in [5.74, 6) is -0.678.